The SMILES string of the molecule is C[C@@H](NC[C@H](O)c1cc(Cl)c2c(c1)OCCO2)c1nccs1. The van der Waals surface area contributed by atoms with Gasteiger partial charge in [-0.05, 0) is 24.6 Å². The number of halogens is 1. The van der Waals surface area contributed by atoms with Crippen LogP contribution in [0.25, 0.3) is 0 Å². The summed E-state index contributed by atoms with van der Waals surface area (Å²) in [7, 11) is 0. The van der Waals surface area contributed by atoms with Gasteiger partial charge in [0.05, 0.1) is 17.2 Å². The Balaban J connectivity index is 1.67. The molecule has 2 atom stereocenters. The lowest BCUT2D eigenvalue weighted by atomic mass is 10.1. The van der Waals surface area contributed by atoms with Gasteiger partial charge >= 0.3 is 0 Å². The molecule has 2 N–H and O–H groups in total. The first-order chi connectivity index (χ1) is 10.6. The molecule has 0 bridgehead atoms. The molecule has 3 rings (SSSR count). The van der Waals surface area contributed by atoms with Gasteiger partial charge < -0.3 is 19.9 Å². The number of thiazole rings is 1. The van der Waals surface area contributed by atoms with Gasteiger partial charge in [0.1, 0.15) is 18.2 Å². The van der Waals surface area contributed by atoms with Crippen LogP contribution in [0, 0.1) is 0 Å². The summed E-state index contributed by atoms with van der Waals surface area (Å²) in [5.41, 5.74) is 0.702. The van der Waals surface area contributed by atoms with E-state index in [0.29, 0.717) is 41.8 Å². The normalized spacial score (nSPS) is 16.3. The third-order valence-corrected chi connectivity index (χ3v) is 4.68. The molecular formula is C15H17ClN2O3S. The highest BCUT2D eigenvalue weighted by Crippen LogP contribution is 2.39. The molecule has 7 heteroatoms. The second-order valence-corrected chi connectivity index (χ2v) is 6.38. The summed E-state index contributed by atoms with van der Waals surface area (Å²) < 4.78 is 11.0. The van der Waals surface area contributed by atoms with E-state index in [1.165, 1.54) is 0 Å². The zero-order valence-corrected chi connectivity index (χ0v) is 13.7. The van der Waals surface area contributed by atoms with E-state index >= 15 is 0 Å². The number of fused-ring (bicyclic) bond motifs is 1. The maximum absolute atomic E-state index is 10.4. The van der Waals surface area contributed by atoms with Crippen LogP contribution in [0.1, 0.15) is 29.6 Å². The summed E-state index contributed by atoms with van der Waals surface area (Å²) in [6, 6.07) is 3.58. The Hall–Kier alpha value is -1.34. The van der Waals surface area contributed by atoms with Crippen molar-refractivity contribution in [1.29, 1.82) is 0 Å². The molecule has 0 saturated heterocycles. The zero-order valence-electron chi connectivity index (χ0n) is 12.1. The third-order valence-electron chi connectivity index (χ3n) is 3.44. The standard InChI is InChI=1S/C15H17ClN2O3S/c1-9(15-17-2-5-22-15)18-8-12(19)10-6-11(16)14-13(7-10)20-3-4-21-14/h2,5-7,9,12,18-19H,3-4,8H2,1H3/t9-,12+/m1/s1. The molecule has 1 aliphatic rings. The summed E-state index contributed by atoms with van der Waals surface area (Å²) >= 11 is 7.78. The van der Waals surface area contributed by atoms with Gasteiger partial charge in [-0.1, -0.05) is 11.6 Å². The smallest absolute Gasteiger partial charge is 0.179 e. The molecule has 2 aromatic rings. The number of rotatable bonds is 5. The summed E-state index contributed by atoms with van der Waals surface area (Å²) in [4.78, 5) is 4.26. The Labute approximate surface area is 137 Å². The first-order valence-corrected chi connectivity index (χ1v) is 8.31. The van der Waals surface area contributed by atoms with Gasteiger partial charge in [-0.2, -0.15) is 0 Å². The van der Waals surface area contributed by atoms with Crippen molar-refractivity contribution in [1.82, 2.24) is 10.3 Å². The van der Waals surface area contributed by atoms with Crippen LogP contribution in [0.4, 0.5) is 0 Å². The fourth-order valence-electron chi connectivity index (χ4n) is 2.27. The lowest BCUT2D eigenvalue weighted by molar-refractivity contribution is 0.161. The number of benzene rings is 1. The monoisotopic (exact) mass is 340 g/mol. The Kier molecular flexibility index (Phi) is 4.83. The Morgan fingerprint density at radius 1 is 1.41 bits per heavy atom. The van der Waals surface area contributed by atoms with Crippen molar-refractivity contribution in [2.75, 3.05) is 19.8 Å². The van der Waals surface area contributed by atoms with Crippen LogP contribution in [0.5, 0.6) is 11.5 Å². The quantitative estimate of drug-likeness (QED) is 0.876. The summed E-state index contributed by atoms with van der Waals surface area (Å²) in [5, 5.41) is 17.0. The highest BCUT2D eigenvalue weighted by molar-refractivity contribution is 7.09. The Morgan fingerprint density at radius 2 is 2.23 bits per heavy atom. The van der Waals surface area contributed by atoms with Gasteiger partial charge in [-0.3, -0.25) is 0 Å². The topological polar surface area (TPSA) is 63.6 Å². The maximum Gasteiger partial charge on any atom is 0.179 e. The minimum atomic E-state index is -0.685. The predicted octanol–water partition coefficient (Wildman–Crippen LogP) is 2.95. The fourth-order valence-corrected chi connectivity index (χ4v) is 3.21. The van der Waals surface area contributed by atoms with E-state index in [1.54, 1.807) is 29.7 Å². The van der Waals surface area contributed by atoms with Gasteiger partial charge in [-0.25, -0.2) is 4.98 Å². The third kappa shape index (κ3) is 3.35. The molecule has 0 aliphatic carbocycles. The maximum atomic E-state index is 10.4. The number of nitrogens with zero attached hydrogens (tertiary/aromatic N) is 1. The molecule has 0 spiro atoms. The van der Waals surface area contributed by atoms with Crippen LogP contribution in [-0.2, 0) is 0 Å². The van der Waals surface area contributed by atoms with E-state index in [9.17, 15) is 5.11 Å². The molecule has 0 unspecified atom stereocenters. The van der Waals surface area contributed by atoms with Crippen LogP contribution < -0.4 is 14.8 Å². The van der Waals surface area contributed by atoms with Crippen molar-refractivity contribution >= 4 is 22.9 Å². The van der Waals surface area contributed by atoms with Crippen LogP contribution in [0.2, 0.25) is 5.02 Å². The largest absolute Gasteiger partial charge is 0.486 e. The summed E-state index contributed by atoms with van der Waals surface area (Å²) in [6.07, 6.45) is 1.09. The lowest BCUT2D eigenvalue weighted by Crippen LogP contribution is -2.25. The first kappa shape index (κ1) is 15.6. The molecule has 22 heavy (non-hydrogen) atoms. The highest BCUT2D eigenvalue weighted by atomic mass is 35.5. The van der Waals surface area contributed by atoms with Gasteiger partial charge in [0.25, 0.3) is 0 Å². The number of ether oxygens (including phenoxy) is 2. The lowest BCUT2D eigenvalue weighted by Gasteiger charge is -2.22. The van der Waals surface area contributed by atoms with E-state index in [1.807, 2.05) is 12.3 Å². The van der Waals surface area contributed by atoms with E-state index in [-0.39, 0.29) is 6.04 Å². The summed E-state index contributed by atoms with van der Waals surface area (Å²) in [5.74, 6) is 1.13. The van der Waals surface area contributed by atoms with Crippen molar-refractivity contribution in [3.63, 3.8) is 0 Å². The molecule has 118 valence electrons. The molecular weight excluding hydrogens is 324 g/mol. The average molecular weight is 341 g/mol. The fraction of sp³-hybridized carbons (Fsp3) is 0.400. The van der Waals surface area contributed by atoms with Crippen molar-refractivity contribution < 1.29 is 14.6 Å². The number of aromatic nitrogens is 1. The van der Waals surface area contributed by atoms with Crippen LogP contribution >= 0.6 is 22.9 Å². The van der Waals surface area contributed by atoms with Crippen LogP contribution in [0.3, 0.4) is 0 Å². The molecule has 2 heterocycles. The number of hydrogen-bond acceptors (Lipinski definition) is 6. The average Bonchev–Trinajstić information content (AvgIpc) is 3.06. The number of aliphatic hydroxyl groups is 1. The molecule has 0 amide bonds. The van der Waals surface area contributed by atoms with Crippen LogP contribution in [-0.4, -0.2) is 29.8 Å². The molecule has 1 aromatic carbocycles. The van der Waals surface area contributed by atoms with E-state index in [0.717, 1.165) is 5.01 Å². The van der Waals surface area contributed by atoms with Crippen molar-refractivity contribution in [3.8, 4) is 11.5 Å². The Bertz CT molecular complexity index is 636. The van der Waals surface area contributed by atoms with E-state index in [4.69, 9.17) is 21.1 Å². The molecule has 5 nitrogen and oxygen atoms in total. The predicted molar refractivity (Wildman–Crippen MR) is 85.9 cm³/mol. The van der Waals surface area contributed by atoms with Crippen molar-refractivity contribution in [3.05, 3.63) is 39.3 Å². The first-order valence-electron chi connectivity index (χ1n) is 7.05. The second-order valence-electron chi connectivity index (χ2n) is 5.04. The van der Waals surface area contributed by atoms with Crippen LogP contribution in [0.15, 0.2) is 23.7 Å². The van der Waals surface area contributed by atoms with Gasteiger partial charge in [-0.15, -0.1) is 11.3 Å². The zero-order chi connectivity index (χ0) is 15.5. The van der Waals surface area contributed by atoms with Crippen molar-refractivity contribution in [2.24, 2.45) is 0 Å². The Morgan fingerprint density at radius 3 is 3.00 bits per heavy atom. The van der Waals surface area contributed by atoms with Gasteiger partial charge in [0.2, 0.25) is 0 Å². The molecule has 0 fully saturated rings. The summed E-state index contributed by atoms with van der Waals surface area (Å²) in [6.45, 7) is 3.39. The number of nitrogens with one attached hydrogen (secondary N) is 1. The second kappa shape index (κ2) is 6.83. The minimum absolute atomic E-state index is 0.0855. The molecule has 0 radical (unpaired) electrons. The number of hydrogen-bond donors (Lipinski definition) is 2. The molecule has 1 aliphatic heterocycles. The van der Waals surface area contributed by atoms with Gasteiger partial charge in [0.15, 0.2) is 11.5 Å². The van der Waals surface area contributed by atoms with Gasteiger partial charge in [0, 0.05) is 18.1 Å². The van der Waals surface area contributed by atoms with E-state index in [2.05, 4.69) is 10.3 Å². The number of aliphatic hydroxyl groups excluding tert-OH is 1. The molecule has 1 aromatic heterocycles. The molecule has 0 saturated carbocycles. The van der Waals surface area contributed by atoms with E-state index < -0.39 is 6.10 Å². The minimum Gasteiger partial charge on any atom is -0.486 e. The highest BCUT2D eigenvalue weighted by Gasteiger charge is 2.20. The van der Waals surface area contributed by atoms with Crippen molar-refractivity contribution in [2.45, 2.75) is 19.1 Å².